The van der Waals surface area contributed by atoms with E-state index in [2.05, 4.69) is 0 Å². The Labute approximate surface area is 175 Å². The van der Waals surface area contributed by atoms with Gasteiger partial charge in [-0.05, 0) is 35.8 Å². The zero-order valence-electron chi connectivity index (χ0n) is 13.7. The molecule has 27 heavy (non-hydrogen) atoms. The van der Waals surface area contributed by atoms with E-state index in [1.54, 1.807) is 48.5 Å². The van der Waals surface area contributed by atoms with Crippen molar-refractivity contribution in [3.8, 4) is 0 Å². The summed E-state index contributed by atoms with van der Waals surface area (Å²) in [6.45, 7) is 0. The molecule has 0 aliphatic carbocycles. The fourth-order valence-electron chi connectivity index (χ4n) is 2.63. The molecule has 0 N–H and O–H groups in total. The molecule has 0 aromatic heterocycles. The van der Waals surface area contributed by atoms with E-state index in [1.165, 1.54) is 0 Å². The second-order valence-electron chi connectivity index (χ2n) is 5.74. The van der Waals surface area contributed by atoms with Crippen LogP contribution in [0.4, 0.5) is 0 Å². The number of carbonyl (C=O) groups excluding carboxylic acids is 2. The minimum atomic E-state index is -1.36. The number of nitrogens with zero attached hydrogens (tertiary/aromatic N) is 1. The summed E-state index contributed by atoms with van der Waals surface area (Å²) in [5.41, 5.74) is 1.36. The maximum atomic E-state index is 12.8. The van der Waals surface area contributed by atoms with Crippen molar-refractivity contribution in [1.82, 2.24) is 4.90 Å². The van der Waals surface area contributed by atoms with Crippen LogP contribution in [-0.4, -0.2) is 27.1 Å². The molecule has 1 aliphatic heterocycles. The van der Waals surface area contributed by atoms with Crippen LogP contribution >= 0.6 is 47.2 Å². The molecule has 138 valence electrons. The number of carboxylic acid groups (broad SMARTS) is 1. The number of thioether (sulfide) groups is 1. The Hall–Kier alpha value is -1.86. The van der Waals surface area contributed by atoms with Crippen molar-refractivity contribution >= 4 is 69.5 Å². The van der Waals surface area contributed by atoms with Crippen molar-refractivity contribution in [2.24, 2.45) is 0 Å². The van der Waals surface area contributed by atoms with Crippen molar-refractivity contribution < 1.29 is 14.7 Å². The summed E-state index contributed by atoms with van der Waals surface area (Å²) in [5.74, 6) is -1.85. The van der Waals surface area contributed by atoms with Crippen LogP contribution in [0.2, 0.25) is 10.0 Å². The van der Waals surface area contributed by atoms with Crippen LogP contribution in [-0.2, 0) is 16.0 Å². The molecule has 3 rings (SSSR count). The summed E-state index contributed by atoms with van der Waals surface area (Å²) in [4.78, 5) is 25.9. The van der Waals surface area contributed by atoms with Gasteiger partial charge in [-0.15, -0.1) is 0 Å². The number of hydrogen-bond acceptors (Lipinski definition) is 5. The van der Waals surface area contributed by atoms with E-state index in [0.29, 0.717) is 20.5 Å². The Bertz CT molecular complexity index is 947. The molecule has 2 aromatic rings. The predicted octanol–water partition coefficient (Wildman–Crippen LogP) is 3.56. The molecule has 1 aliphatic rings. The van der Waals surface area contributed by atoms with Crippen LogP contribution < -0.4 is 5.11 Å². The molecule has 0 bridgehead atoms. The molecule has 2 aromatic carbocycles. The molecule has 1 saturated heterocycles. The Kier molecular flexibility index (Phi) is 6.22. The van der Waals surface area contributed by atoms with Gasteiger partial charge in [0.25, 0.3) is 5.91 Å². The number of thiocarbonyl (C=S) groups is 1. The van der Waals surface area contributed by atoms with Crippen LogP contribution in [0.25, 0.3) is 6.08 Å². The first kappa shape index (κ1) is 19.9. The average Bonchev–Trinajstić information content (AvgIpc) is 2.90. The van der Waals surface area contributed by atoms with E-state index < -0.39 is 17.9 Å². The van der Waals surface area contributed by atoms with E-state index in [0.717, 1.165) is 22.2 Å². The van der Waals surface area contributed by atoms with Crippen molar-refractivity contribution in [1.29, 1.82) is 0 Å². The molecule has 1 amide bonds. The number of aliphatic carboxylic acids is 1. The second kappa shape index (κ2) is 8.44. The van der Waals surface area contributed by atoms with Gasteiger partial charge in [-0.2, -0.15) is 0 Å². The lowest BCUT2D eigenvalue weighted by Gasteiger charge is -2.27. The monoisotopic (exact) mass is 436 g/mol. The minimum absolute atomic E-state index is 0.102. The van der Waals surface area contributed by atoms with Crippen LogP contribution in [0.3, 0.4) is 0 Å². The van der Waals surface area contributed by atoms with Crippen molar-refractivity contribution in [2.75, 3.05) is 0 Å². The van der Waals surface area contributed by atoms with Gasteiger partial charge in [-0.3, -0.25) is 9.69 Å². The summed E-state index contributed by atoms with van der Waals surface area (Å²) in [7, 11) is 0. The normalized spacial score (nSPS) is 16.8. The Morgan fingerprint density at radius 1 is 1.22 bits per heavy atom. The van der Waals surface area contributed by atoms with Crippen LogP contribution in [0.15, 0.2) is 53.4 Å². The molecule has 0 spiro atoms. The summed E-state index contributed by atoms with van der Waals surface area (Å²) in [6.07, 6.45) is 1.68. The first-order valence-corrected chi connectivity index (χ1v) is 9.82. The number of rotatable bonds is 5. The summed E-state index contributed by atoms with van der Waals surface area (Å²) in [6, 6.07) is 12.7. The lowest BCUT2D eigenvalue weighted by molar-refractivity contribution is -0.310. The Balaban J connectivity index is 1.89. The maximum Gasteiger partial charge on any atom is 0.266 e. The number of carboxylic acids is 1. The van der Waals surface area contributed by atoms with Gasteiger partial charge in [-0.25, -0.2) is 0 Å². The van der Waals surface area contributed by atoms with Gasteiger partial charge in [-0.1, -0.05) is 83.6 Å². The van der Waals surface area contributed by atoms with Gasteiger partial charge in [0.2, 0.25) is 0 Å². The Morgan fingerprint density at radius 3 is 2.56 bits per heavy atom. The molecule has 8 heteroatoms. The number of hydrogen-bond donors (Lipinski definition) is 0. The van der Waals surface area contributed by atoms with Crippen LogP contribution in [0.5, 0.6) is 0 Å². The van der Waals surface area contributed by atoms with Gasteiger partial charge in [0.05, 0.1) is 16.9 Å². The second-order valence-corrected chi connectivity index (χ2v) is 8.26. The molecule has 0 saturated carbocycles. The average molecular weight is 437 g/mol. The highest BCUT2D eigenvalue weighted by molar-refractivity contribution is 8.26. The van der Waals surface area contributed by atoms with Crippen molar-refractivity contribution in [2.45, 2.75) is 12.5 Å². The molecule has 1 atom stereocenters. The van der Waals surface area contributed by atoms with Crippen molar-refractivity contribution in [3.05, 3.63) is 74.6 Å². The number of amides is 1. The van der Waals surface area contributed by atoms with Gasteiger partial charge >= 0.3 is 0 Å². The lowest BCUT2D eigenvalue weighted by Crippen LogP contribution is -2.51. The van der Waals surface area contributed by atoms with Crippen molar-refractivity contribution in [3.63, 3.8) is 0 Å². The molecule has 0 radical (unpaired) electrons. The highest BCUT2D eigenvalue weighted by atomic mass is 35.5. The first-order valence-electron chi connectivity index (χ1n) is 7.83. The fourth-order valence-corrected chi connectivity index (χ4v) is 4.44. The topological polar surface area (TPSA) is 60.4 Å². The minimum Gasteiger partial charge on any atom is -0.548 e. The zero-order valence-corrected chi connectivity index (χ0v) is 16.9. The van der Waals surface area contributed by atoms with Gasteiger partial charge in [0.15, 0.2) is 0 Å². The molecule has 0 unspecified atom stereocenters. The van der Waals surface area contributed by atoms with E-state index in [4.69, 9.17) is 35.4 Å². The van der Waals surface area contributed by atoms with E-state index in [9.17, 15) is 14.7 Å². The Morgan fingerprint density at radius 2 is 1.93 bits per heavy atom. The largest absolute Gasteiger partial charge is 0.548 e. The predicted molar refractivity (Wildman–Crippen MR) is 110 cm³/mol. The third kappa shape index (κ3) is 4.52. The SMILES string of the molecule is O=C([O-])[C@H](Cc1ccccc1)N1C(=O)/C(=C/c2ccc(Cl)cc2Cl)SC1=S. The van der Waals surface area contributed by atoms with Gasteiger partial charge < -0.3 is 9.90 Å². The smallest absolute Gasteiger partial charge is 0.266 e. The van der Waals surface area contributed by atoms with Crippen LogP contribution in [0.1, 0.15) is 11.1 Å². The maximum absolute atomic E-state index is 12.8. The van der Waals surface area contributed by atoms with Gasteiger partial charge in [0, 0.05) is 10.0 Å². The highest BCUT2D eigenvalue weighted by Gasteiger charge is 2.37. The summed E-state index contributed by atoms with van der Waals surface area (Å²) in [5, 5.41) is 12.6. The number of halogens is 2. The zero-order chi connectivity index (χ0) is 19.6. The molecular formula is C19H12Cl2NO3S2-. The molecular weight excluding hydrogens is 425 g/mol. The first-order chi connectivity index (χ1) is 12.9. The standard InChI is InChI=1S/C19H13Cl2NO3S2/c20-13-7-6-12(14(21)10-13)9-16-17(23)22(19(26)27-16)15(18(24)25)8-11-4-2-1-3-5-11/h1-7,9-10,15H,8H2,(H,24,25)/p-1/b16-9-/t15-/m0/s1. The van der Waals surface area contributed by atoms with E-state index in [-0.39, 0.29) is 10.7 Å². The number of carbonyl (C=O) groups is 2. The lowest BCUT2D eigenvalue weighted by atomic mass is 10.0. The van der Waals surface area contributed by atoms with E-state index in [1.807, 2.05) is 6.07 Å². The molecule has 1 fully saturated rings. The van der Waals surface area contributed by atoms with Gasteiger partial charge in [0.1, 0.15) is 4.32 Å². The molecule has 4 nitrogen and oxygen atoms in total. The summed E-state index contributed by atoms with van der Waals surface area (Å²) < 4.78 is 0.168. The summed E-state index contributed by atoms with van der Waals surface area (Å²) >= 11 is 18.3. The third-order valence-electron chi connectivity index (χ3n) is 3.93. The third-order valence-corrected chi connectivity index (χ3v) is 5.82. The highest BCUT2D eigenvalue weighted by Crippen LogP contribution is 2.36. The molecule has 1 heterocycles. The quantitative estimate of drug-likeness (QED) is 0.529. The van der Waals surface area contributed by atoms with E-state index >= 15 is 0 Å². The van der Waals surface area contributed by atoms with Crippen LogP contribution in [0, 0.1) is 0 Å². The fraction of sp³-hybridized carbons (Fsp3) is 0.105. The number of benzene rings is 2.